The van der Waals surface area contributed by atoms with E-state index in [2.05, 4.69) is 15.9 Å². The van der Waals surface area contributed by atoms with Crippen LogP contribution in [-0.4, -0.2) is 63.7 Å². The Kier molecular flexibility index (Phi) is 5.50. The maximum absolute atomic E-state index is 12.9. The van der Waals surface area contributed by atoms with Crippen LogP contribution in [0.3, 0.4) is 0 Å². The number of morpholine rings is 1. The van der Waals surface area contributed by atoms with Crippen molar-refractivity contribution in [2.75, 3.05) is 43.5 Å². The largest absolute Gasteiger partial charge is 0.378 e. The van der Waals surface area contributed by atoms with Gasteiger partial charge in [-0.3, -0.25) is 9.59 Å². The molecular weight excluding hydrogens is 448 g/mol. The summed E-state index contributed by atoms with van der Waals surface area (Å²) < 4.78 is 31.6. The van der Waals surface area contributed by atoms with Gasteiger partial charge in [0.15, 0.2) is 9.84 Å². The van der Waals surface area contributed by atoms with Gasteiger partial charge in [0, 0.05) is 42.1 Å². The highest BCUT2D eigenvalue weighted by Gasteiger charge is 2.37. The van der Waals surface area contributed by atoms with Gasteiger partial charge in [-0.25, -0.2) is 8.42 Å². The Balaban J connectivity index is 1.51. The van der Waals surface area contributed by atoms with Crippen molar-refractivity contribution in [1.82, 2.24) is 4.90 Å². The Hall–Kier alpha value is -1.45. The molecule has 4 rings (SSSR count). The maximum atomic E-state index is 12.9. The molecule has 0 atom stereocenters. The fraction of sp³-hybridized carbons (Fsp3) is 0.579. The number of nitrogens with zero attached hydrogens (tertiary/aromatic N) is 2. The molecule has 7 nitrogen and oxygen atoms in total. The lowest BCUT2D eigenvalue weighted by Crippen LogP contribution is -2.41. The van der Waals surface area contributed by atoms with Crippen molar-refractivity contribution < 1.29 is 22.7 Å². The Labute approximate surface area is 173 Å². The third kappa shape index (κ3) is 3.97. The highest BCUT2D eigenvalue weighted by atomic mass is 79.9. The molecule has 1 saturated heterocycles. The van der Waals surface area contributed by atoms with E-state index in [4.69, 9.17) is 4.74 Å². The summed E-state index contributed by atoms with van der Waals surface area (Å²) in [7, 11) is -3.66. The fourth-order valence-corrected chi connectivity index (χ4v) is 6.15. The quantitative estimate of drug-likeness (QED) is 0.654. The third-order valence-electron chi connectivity index (χ3n) is 5.50. The predicted molar refractivity (Wildman–Crippen MR) is 107 cm³/mol. The lowest BCUT2D eigenvalue weighted by molar-refractivity contribution is -0.134. The molecule has 2 fully saturated rings. The van der Waals surface area contributed by atoms with Crippen molar-refractivity contribution in [3.63, 3.8) is 0 Å². The number of fused-ring (bicyclic) bond motifs is 1. The van der Waals surface area contributed by atoms with Crippen LogP contribution in [-0.2, 0) is 30.6 Å². The third-order valence-corrected chi connectivity index (χ3v) is 8.17. The molecule has 1 saturated carbocycles. The van der Waals surface area contributed by atoms with Gasteiger partial charge >= 0.3 is 0 Å². The molecule has 2 heterocycles. The molecule has 9 heteroatoms. The maximum Gasteiger partial charge on any atom is 0.230 e. The number of hydrogen-bond donors (Lipinski definition) is 0. The number of sulfone groups is 1. The summed E-state index contributed by atoms with van der Waals surface area (Å²) in [6, 6.07) is 3.40. The second-order valence-electron chi connectivity index (χ2n) is 7.49. The van der Waals surface area contributed by atoms with Crippen molar-refractivity contribution in [1.29, 1.82) is 0 Å². The molecule has 0 unspecified atom stereocenters. The van der Waals surface area contributed by atoms with Crippen molar-refractivity contribution in [3.05, 3.63) is 22.2 Å². The molecule has 152 valence electrons. The first-order valence-corrected chi connectivity index (χ1v) is 12.0. The van der Waals surface area contributed by atoms with Crippen molar-refractivity contribution in [2.24, 2.45) is 5.92 Å². The molecular formula is C19H23BrN2O5S. The van der Waals surface area contributed by atoms with Gasteiger partial charge in [-0.15, -0.1) is 0 Å². The Morgan fingerprint density at radius 3 is 2.54 bits per heavy atom. The van der Waals surface area contributed by atoms with Crippen LogP contribution in [0.2, 0.25) is 0 Å². The summed E-state index contributed by atoms with van der Waals surface area (Å²) in [5.74, 6) is -0.251. The van der Waals surface area contributed by atoms with Gasteiger partial charge in [0.25, 0.3) is 0 Å². The van der Waals surface area contributed by atoms with Gasteiger partial charge in [0.05, 0.1) is 23.9 Å². The normalized spacial score (nSPS) is 19.6. The van der Waals surface area contributed by atoms with Crippen molar-refractivity contribution in [2.45, 2.75) is 30.6 Å². The van der Waals surface area contributed by atoms with Crippen LogP contribution in [0.1, 0.15) is 24.8 Å². The fourth-order valence-electron chi connectivity index (χ4n) is 3.71. The van der Waals surface area contributed by atoms with E-state index in [1.165, 1.54) is 0 Å². The Morgan fingerprint density at radius 1 is 1.14 bits per heavy atom. The standard InChI is InChI=1S/C19H23BrN2O5S/c20-15-11-14-3-5-22(19(24)13-1-2-13)16(14)12-17(15)28(25,26)10-4-18(23)21-6-8-27-9-7-21/h11-13H,1-10H2. The number of halogens is 1. The topological polar surface area (TPSA) is 84.0 Å². The van der Waals surface area contributed by atoms with E-state index in [0.717, 1.165) is 24.8 Å². The molecule has 0 bridgehead atoms. The number of rotatable bonds is 5. The van der Waals surface area contributed by atoms with Gasteiger partial charge < -0.3 is 14.5 Å². The average Bonchev–Trinajstić information content (AvgIpc) is 3.46. The molecule has 0 radical (unpaired) electrons. The molecule has 3 aliphatic rings. The van der Waals surface area contributed by atoms with Crippen LogP contribution in [0, 0.1) is 5.92 Å². The molecule has 0 N–H and O–H groups in total. The second kappa shape index (κ2) is 7.76. The molecule has 2 amide bonds. The van der Waals surface area contributed by atoms with Gasteiger partial charge in [-0.05, 0) is 52.9 Å². The Bertz CT molecular complexity index is 907. The minimum absolute atomic E-state index is 0.0590. The smallest absolute Gasteiger partial charge is 0.230 e. The van der Waals surface area contributed by atoms with Crippen LogP contribution in [0.4, 0.5) is 5.69 Å². The van der Waals surface area contributed by atoms with E-state index in [0.29, 0.717) is 43.0 Å². The van der Waals surface area contributed by atoms with Crippen molar-refractivity contribution in [3.8, 4) is 0 Å². The highest BCUT2D eigenvalue weighted by molar-refractivity contribution is 9.10. The summed E-state index contributed by atoms with van der Waals surface area (Å²) in [5, 5.41) is 0. The highest BCUT2D eigenvalue weighted by Crippen LogP contribution is 2.39. The van der Waals surface area contributed by atoms with Gasteiger partial charge in [-0.1, -0.05) is 0 Å². The first-order chi connectivity index (χ1) is 13.4. The molecule has 1 aromatic carbocycles. The van der Waals surface area contributed by atoms with E-state index < -0.39 is 9.84 Å². The van der Waals surface area contributed by atoms with Crippen LogP contribution in [0.5, 0.6) is 0 Å². The lowest BCUT2D eigenvalue weighted by atomic mass is 10.2. The zero-order valence-corrected chi connectivity index (χ0v) is 17.9. The van der Waals surface area contributed by atoms with Crippen LogP contribution >= 0.6 is 15.9 Å². The molecule has 1 aliphatic carbocycles. The summed E-state index contributed by atoms with van der Waals surface area (Å²) in [6.45, 7) is 2.56. The molecule has 0 spiro atoms. The summed E-state index contributed by atoms with van der Waals surface area (Å²) in [6.07, 6.45) is 2.49. The summed E-state index contributed by atoms with van der Waals surface area (Å²) >= 11 is 3.37. The minimum Gasteiger partial charge on any atom is -0.378 e. The van der Waals surface area contributed by atoms with Gasteiger partial charge in [0.1, 0.15) is 0 Å². The van der Waals surface area contributed by atoms with E-state index in [1.54, 1.807) is 21.9 Å². The zero-order valence-electron chi connectivity index (χ0n) is 15.5. The number of ether oxygens (including phenoxy) is 1. The number of amides is 2. The molecule has 0 aromatic heterocycles. The van der Waals surface area contributed by atoms with Crippen LogP contribution in [0.15, 0.2) is 21.5 Å². The number of hydrogen-bond acceptors (Lipinski definition) is 5. The van der Waals surface area contributed by atoms with Gasteiger partial charge in [-0.2, -0.15) is 0 Å². The summed E-state index contributed by atoms with van der Waals surface area (Å²) in [4.78, 5) is 28.3. The number of anilines is 1. The van der Waals surface area contributed by atoms with E-state index in [-0.39, 0.29) is 34.8 Å². The van der Waals surface area contributed by atoms with Gasteiger partial charge in [0.2, 0.25) is 11.8 Å². The van der Waals surface area contributed by atoms with E-state index in [9.17, 15) is 18.0 Å². The molecule has 28 heavy (non-hydrogen) atoms. The first-order valence-electron chi connectivity index (χ1n) is 9.59. The van der Waals surface area contributed by atoms with Crippen LogP contribution in [0.25, 0.3) is 0 Å². The average molecular weight is 471 g/mol. The molecule has 2 aliphatic heterocycles. The first kappa shape index (κ1) is 19.8. The second-order valence-corrected chi connectivity index (χ2v) is 10.4. The Morgan fingerprint density at radius 2 is 1.86 bits per heavy atom. The zero-order chi connectivity index (χ0) is 19.9. The van der Waals surface area contributed by atoms with Crippen LogP contribution < -0.4 is 4.90 Å². The minimum atomic E-state index is -3.66. The number of carbonyl (C=O) groups is 2. The van der Waals surface area contributed by atoms with E-state index in [1.807, 2.05) is 0 Å². The molecule has 1 aromatic rings. The predicted octanol–water partition coefficient (Wildman–Crippen LogP) is 1.77. The number of carbonyl (C=O) groups excluding carboxylic acids is 2. The number of benzene rings is 1. The summed E-state index contributed by atoms with van der Waals surface area (Å²) in [5.41, 5.74) is 1.67. The monoisotopic (exact) mass is 470 g/mol. The van der Waals surface area contributed by atoms with Crippen molar-refractivity contribution >= 4 is 43.3 Å². The lowest BCUT2D eigenvalue weighted by Gasteiger charge is -2.26. The SMILES string of the molecule is O=C(CCS(=O)(=O)c1cc2c(cc1Br)CCN2C(=O)C1CC1)N1CCOCC1. The van der Waals surface area contributed by atoms with E-state index >= 15 is 0 Å².